The number of phenols is 1. The fraction of sp³-hybridized carbons (Fsp3) is 0.143. The molecule has 1 aromatic carbocycles. The highest BCUT2D eigenvalue weighted by Crippen LogP contribution is 2.22. The summed E-state index contributed by atoms with van der Waals surface area (Å²) in [7, 11) is 1.50. The van der Waals surface area contributed by atoms with Gasteiger partial charge in [0.25, 0.3) is 0 Å². The number of carboxylic acids is 1. The van der Waals surface area contributed by atoms with Crippen LogP contribution in [0.25, 0.3) is 0 Å². The zero-order valence-corrected chi connectivity index (χ0v) is 12.0. The molecule has 3 N–H and O–H groups in total. The summed E-state index contributed by atoms with van der Waals surface area (Å²) in [5.41, 5.74) is 0.461. The van der Waals surface area contributed by atoms with E-state index in [9.17, 15) is 19.8 Å². The maximum absolute atomic E-state index is 12.1. The van der Waals surface area contributed by atoms with Crippen molar-refractivity contribution in [2.75, 3.05) is 11.9 Å². The predicted molar refractivity (Wildman–Crippen MR) is 79.7 cm³/mol. The van der Waals surface area contributed by atoms with Crippen LogP contribution in [0.2, 0.25) is 0 Å². The highest BCUT2D eigenvalue weighted by Gasteiger charge is 2.24. The molecule has 1 unspecified atom stereocenters. The molecule has 2 amide bonds. The highest BCUT2D eigenvalue weighted by molar-refractivity contribution is 7.10. The molecule has 0 aliphatic carbocycles. The number of carboxylic acid groups (broad SMARTS) is 1. The van der Waals surface area contributed by atoms with E-state index in [-0.39, 0.29) is 5.75 Å². The van der Waals surface area contributed by atoms with Crippen LogP contribution in [0.1, 0.15) is 10.9 Å². The Morgan fingerprint density at radius 3 is 2.62 bits per heavy atom. The summed E-state index contributed by atoms with van der Waals surface area (Å²) >= 11 is 1.26. The number of urea groups is 1. The molecule has 0 saturated heterocycles. The van der Waals surface area contributed by atoms with Crippen molar-refractivity contribution < 1.29 is 19.8 Å². The van der Waals surface area contributed by atoms with E-state index in [0.29, 0.717) is 10.6 Å². The van der Waals surface area contributed by atoms with Gasteiger partial charge in [-0.1, -0.05) is 12.1 Å². The first kappa shape index (κ1) is 14.9. The number of hydrogen-bond acceptors (Lipinski definition) is 4. The quantitative estimate of drug-likeness (QED) is 0.809. The molecule has 0 saturated carbocycles. The van der Waals surface area contributed by atoms with E-state index in [1.165, 1.54) is 35.4 Å². The Labute approximate surface area is 125 Å². The predicted octanol–water partition coefficient (Wildman–Crippen LogP) is 2.43. The zero-order valence-electron chi connectivity index (χ0n) is 11.2. The van der Waals surface area contributed by atoms with E-state index < -0.39 is 18.0 Å². The van der Waals surface area contributed by atoms with Crippen LogP contribution >= 0.6 is 11.3 Å². The fourth-order valence-corrected chi connectivity index (χ4v) is 2.52. The number of benzene rings is 1. The van der Waals surface area contributed by atoms with Gasteiger partial charge in [-0.25, -0.2) is 9.59 Å². The number of aliphatic carboxylic acids is 1. The molecule has 0 aliphatic heterocycles. The lowest BCUT2D eigenvalue weighted by molar-refractivity contribution is -0.139. The minimum absolute atomic E-state index is 0.0280. The van der Waals surface area contributed by atoms with E-state index in [1.54, 1.807) is 29.6 Å². The van der Waals surface area contributed by atoms with Crippen LogP contribution in [-0.2, 0) is 4.79 Å². The van der Waals surface area contributed by atoms with Crippen LogP contribution in [0.15, 0.2) is 41.8 Å². The molecule has 1 aromatic heterocycles. The Hall–Kier alpha value is -2.54. The molecule has 110 valence electrons. The Kier molecular flexibility index (Phi) is 4.44. The zero-order chi connectivity index (χ0) is 15.4. The summed E-state index contributed by atoms with van der Waals surface area (Å²) in [5.74, 6) is -1.10. The number of hydrogen-bond donors (Lipinski definition) is 3. The normalized spacial score (nSPS) is 11.7. The molecule has 0 aliphatic rings. The number of carbonyl (C=O) groups excluding carboxylic acids is 1. The molecule has 2 aromatic rings. The summed E-state index contributed by atoms with van der Waals surface area (Å²) in [6.07, 6.45) is 0. The Morgan fingerprint density at radius 1 is 1.29 bits per heavy atom. The largest absolute Gasteiger partial charge is 0.508 e. The summed E-state index contributed by atoms with van der Waals surface area (Å²) in [5, 5.41) is 22.8. The van der Waals surface area contributed by atoms with Crippen molar-refractivity contribution in [3.63, 3.8) is 0 Å². The fourth-order valence-electron chi connectivity index (χ4n) is 1.75. The third-order valence-corrected chi connectivity index (χ3v) is 3.80. The number of amides is 2. The first-order valence-electron chi connectivity index (χ1n) is 6.08. The molecular formula is C14H14N2O4S. The van der Waals surface area contributed by atoms with Gasteiger partial charge >= 0.3 is 12.0 Å². The second kappa shape index (κ2) is 6.27. The number of aromatic hydroxyl groups is 1. The van der Waals surface area contributed by atoms with Crippen LogP contribution in [0, 0.1) is 0 Å². The maximum Gasteiger partial charge on any atom is 0.331 e. The molecule has 7 heteroatoms. The molecule has 1 heterocycles. The Balaban J connectivity index is 2.14. The van der Waals surface area contributed by atoms with Gasteiger partial charge in [-0.3, -0.25) is 4.90 Å². The number of carbonyl (C=O) groups is 2. The second-order valence-corrected chi connectivity index (χ2v) is 5.29. The standard InChI is InChI=1S/C14H14N2O4S/c1-16(9-4-2-5-10(17)8-9)14(20)15-12(13(18)19)11-6-3-7-21-11/h2-8,12,17H,1H3,(H,15,20)(H,18,19). The van der Waals surface area contributed by atoms with Crippen molar-refractivity contribution in [3.05, 3.63) is 46.7 Å². The lowest BCUT2D eigenvalue weighted by Gasteiger charge is -2.21. The van der Waals surface area contributed by atoms with Crippen LogP contribution < -0.4 is 10.2 Å². The van der Waals surface area contributed by atoms with Crippen molar-refractivity contribution in [2.24, 2.45) is 0 Å². The monoisotopic (exact) mass is 306 g/mol. The summed E-state index contributed by atoms with van der Waals surface area (Å²) in [6, 6.07) is 7.85. The van der Waals surface area contributed by atoms with Gasteiger partial charge in [0.15, 0.2) is 6.04 Å². The molecule has 0 bridgehead atoms. The van der Waals surface area contributed by atoms with E-state index in [4.69, 9.17) is 0 Å². The lowest BCUT2D eigenvalue weighted by Crippen LogP contribution is -2.41. The van der Waals surface area contributed by atoms with Crippen molar-refractivity contribution in [3.8, 4) is 5.75 Å². The van der Waals surface area contributed by atoms with Crippen molar-refractivity contribution >= 4 is 29.0 Å². The molecular weight excluding hydrogens is 292 g/mol. The van der Waals surface area contributed by atoms with Gasteiger partial charge in [0.1, 0.15) is 5.75 Å². The third-order valence-electron chi connectivity index (χ3n) is 2.86. The van der Waals surface area contributed by atoms with Gasteiger partial charge in [0.2, 0.25) is 0 Å². The van der Waals surface area contributed by atoms with Gasteiger partial charge in [-0.05, 0) is 23.6 Å². The average molecular weight is 306 g/mol. The van der Waals surface area contributed by atoms with Gasteiger partial charge in [-0.15, -0.1) is 11.3 Å². The molecule has 2 rings (SSSR count). The number of nitrogens with zero attached hydrogens (tertiary/aromatic N) is 1. The lowest BCUT2D eigenvalue weighted by atomic mass is 10.2. The van der Waals surface area contributed by atoms with Crippen molar-refractivity contribution in [1.29, 1.82) is 0 Å². The molecule has 0 radical (unpaired) electrons. The van der Waals surface area contributed by atoms with Crippen LogP contribution in [0.3, 0.4) is 0 Å². The third kappa shape index (κ3) is 3.51. The van der Waals surface area contributed by atoms with Crippen molar-refractivity contribution in [1.82, 2.24) is 5.32 Å². The second-order valence-electron chi connectivity index (χ2n) is 4.32. The molecule has 6 nitrogen and oxygen atoms in total. The van der Waals surface area contributed by atoms with Gasteiger partial charge in [-0.2, -0.15) is 0 Å². The van der Waals surface area contributed by atoms with E-state index in [2.05, 4.69) is 5.32 Å². The Morgan fingerprint density at radius 2 is 2.05 bits per heavy atom. The maximum atomic E-state index is 12.1. The number of thiophene rings is 1. The summed E-state index contributed by atoms with van der Waals surface area (Å²) < 4.78 is 0. The molecule has 21 heavy (non-hydrogen) atoms. The van der Waals surface area contributed by atoms with Crippen LogP contribution in [-0.4, -0.2) is 29.3 Å². The number of nitrogens with one attached hydrogen (secondary N) is 1. The first-order valence-corrected chi connectivity index (χ1v) is 6.96. The van der Waals surface area contributed by atoms with Gasteiger partial charge < -0.3 is 15.5 Å². The smallest absolute Gasteiger partial charge is 0.331 e. The number of anilines is 1. The first-order chi connectivity index (χ1) is 9.99. The number of phenolic OH excluding ortho intramolecular Hbond substituents is 1. The minimum atomic E-state index is -1.13. The number of rotatable bonds is 4. The van der Waals surface area contributed by atoms with E-state index in [1.807, 2.05) is 0 Å². The topological polar surface area (TPSA) is 89.9 Å². The van der Waals surface area contributed by atoms with Crippen LogP contribution in [0.5, 0.6) is 5.75 Å². The molecule has 0 spiro atoms. The Bertz CT molecular complexity index is 642. The summed E-state index contributed by atoms with van der Waals surface area (Å²) in [6.45, 7) is 0. The van der Waals surface area contributed by atoms with E-state index >= 15 is 0 Å². The SMILES string of the molecule is CN(C(=O)NC(C(=O)O)c1cccs1)c1cccc(O)c1. The molecule has 0 fully saturated rings. The van der Waals surface area contributed by atoms with E-state index in [0.717, 1.165) is 0 Å². The highest BCUT2D eigenvalue weighted by atomic mass is 32.1. The van der Waals surface area contributed by atoms with Crippen LogP contribution in [0.4, 0.5) is 10.5 Å². The average Bonchev–Trinajstić information content (AvgIpc) is 2.97. The minimum Gasteiger partial charge on any atom is -0.508 e. The van der Waals surface area contributed by atoms with Gasteiger partial charge in [0, 0.05) is 23.7 Å². The van der Waals surface area contributed by atoms with Gasteiger partial charge in [0.05, 0.1) is 0 Å². The van der Waals surface area contributed by atoms with Crippen molar-refractivity contribution in [2.45, 2.75) is 6.04 Å². The summed E-state index contributed by atoms with van der Waals surface area (Å²) in [4.78, 5) is 25.2. The molecule has 1 atom stereocenters.